The highest BCUT2D eigenvalue weighted by Crippen LogP contribution is 1.97. The highest BCUT2D eigenvalue weighted by atomic mass is 19.1. The van der Waals surface area contributed by atoms with Crippen LogP contribution in [-0.2, 0) is 0 Å². The molecule has 5 heteroatoms. The van der Waals surface area contributed by atoms with E-state index < -0.39 is 17.6 Å². The Balaban J connectivity index is 3.19. The molecule has 10 heavy (non-hydrogen) atoms. The third kappa shape index (κ3) is 1.12. The Hall–Kier alpha value is -1.39. The lowest BCUT2D eigenvalue weighted by molar-refractivity contribution is 0.111. The number of rotatable bonds is 1. The fraction of sp³-hybridized carbons (Fsp3) is 0. The molecule has 0 unspecified atom stereocenters. The van der Waals surface area contributed by atoms with Crippen LogP contribution in [0.1, 0.15) is 10.4 Å². The van der Waals surface area contributed by atoms with Gasteiger partial charge in [0.05, 0.1) is 5.56 Å². The molecule has 51 valence electrons. The van der Waals surface area contributed by atoms with Crippen molar-refractivity contribution in [2.75, 3.05) is 0 Å². The first-order valence-electron chi connectivity index (χ1n) is 2.30. The van der Waals surface area contributed by atoms with E-state index in [9.17, 15) is 13.6 Å². The molecule has 3 nitrogen and oxygen atoms in total. The summed E-state index contributed by atoms with van der Waals surface area (Å²) in [5, 5.41) is 0. The number of hydrogen-bond acceptors (Lipinski definition) is 3. The van der Waals surface area contributed by atoms with Gasteiger partial charge in [-0.05, 0) is 0 Å². The Morgan fingerprint density at radius 1 is 1.50 bits per heavy atom. The van der Waals surface area contributed by atoms with E-state index in [4.69, 9.17) is 0 Å². The Morgan fingerprint density at radius 2 is 2.20 bits per heavy atom. The summed E-state index contributed by atoms with van der Waals surface area (Å²) < 4.78 is 24.1. The molecule has 0 aliphatic rings. The molecule has 0 atom stereocenters. The molecule has 0 spiro atoms. The van der Waals surface area contributed by atoms with E-state index in [0.29, 0.717) is 0 Å². The largest absolute Gasteiger partial charge is 0.311 e. The van der Waals surface area contributed by atoms with Crippen molar-refractivity contribution >= 4 is 6.29 Å². The zero-order chi connectivity index (χ0) is 7.56. The normalized spacial score (nSPS) is 9.40. The van der Waals surface area contributed by atoms with Gasteiger partial charge in [-0.25, -0.2) is 0 Å². The summed E-state index contributed by atoms with van der Waals surface area (Å²) >= 11 is 0. The lowest BCUT2D eigenvalue weighted by Gasteiger charge is -1.88. The molecule has 0 saturated heterocycles. The van der Waals surface area contributed by atoms with Gasteiger partial charge in [-0.2, -0.15) is 18.7 Å². The number of aldehydes is 1. The first-order chi connectivity index (χ1) is 4.74. The van der Waals surface area contributed by atoms with E-state index >= 15 is 0 Å². The lowest BCUT2D eigenvalue weighted by atomic mass is 10.4. The van der Waals surface area contributed by atoms with E-state index in [-0.39, 0.29) is 6.29 Å². The summed E-state index contributed by atoms with van der Waals surface area (Å²) in [5.74, 6) is -1.19. The van der Waals surface area contributed by atoms with Crippen molar-refractivity contribution in [3.8, 4) is 0 Å². The maximum absolute atomic E-state index is 12.2. The molecule has 0 amide bonds. The number of carbonyl (C=O) groups excluding carboxylic acids is 1. The molecular weight excluding hydrogens is 142 g/mol. The molecular formula is C5HF2N2O. The second kappa shape index (κ2) is 2.47. The summed E-state index contributed by atoms with van der Waals surface area (Å²) in [5.41, 5.74) is -0.471. The number of carbonyl (C=O) groups is 1. The van der Waals surface area contributed by atoms with Gasteiger partial charge in [-0.3, -0.25) is 4.79 Å². The van der Waals surface area contributed by atoms with Crippen molar-refractivity contribution in [1.29, 1.82) is 0 Å². The quantitative estimate of drug-likeness (QED) is 0.324. The van der Waals surface area contributed by atoms with E-state index in [1.54, 1.807) is 0 Å². The van der Waals surface area contributed by atoms with E-state index in [1.165, 1.54) is 0 Å². The second-order valence-corrected chi connectivity index (χ2v) is 1.43. The third-order valence-electron chi connectivity index (χ3n) is 0.799. The van der Waals surface area contributed by atoms with Crippen LogP contribution in [0.15, 0.2) is 0 Å². The maximum Gasteiger partial charge on any atom is 0.311 e. The van der Waals surface area contributed by atoms with Crippen LogP contribution in [0, 0.1) is 18.2 Å². The van der Waals surface area contributed by atoms with Crippen molar-refractivity contribution in [3.63, 3.8) is 0 Å². The van der Waals surface area contributed by atoms with E-state index in [1.807, 2.05) is 6.20 Å². The fourth-order valence-corrected chi connectivity index (χ4v) is 0.394. The fourth-order valence-electron chi connectivity index (χ4n) is 0.394. The van der Waals surface area contributed by atoms with Crippen molar-refractivity contribution in [2.24, 2.45) is 0 Å². The molecule has 0 saturated carbocycles. The van der Waals surface area contributed by atoms with Gasteiger partial charge < -0.3 is 0 Å². The maximum atomic E-state index is 12.2. The topological polar surface area (TPSA) is 42.9 Å². The van der Waals surface area contributed by atoms with Gasteiger partial charge in [0.1, 0.15) is 6.20 Å². The molecule has 1 aromatic heterocycles. The molecule has 0 aliphatic carbocycles. The van der Waals surface area contributed by atoms with Crippen LogP contribution < -0.4 is 0 Å². The Kier molecular flexibility index (Phi) is 1.66. The van der Waals surface area contributed by atoms with Crippen LogP contribution >= 0.6 is 0 Å². The van der Waals surface area contributed by atoms with Crippen molar-refractivity contribution < 1.29 is 13.6 Å². The van der Waals surface area contributed by atoms with Gasteiger partial charge in [0, 0.05) is 0 Å². The van der Waals surface area contributed by atoms with Crippen molar-refractivity contribution in [1.82, 2.24) is 9.97 Å². The molecule has 0 aromatic carbocycles. The zero-order valence-corrected chi connectivity index (χ0v) is 4.64. The van der Waals surface area contributed by atoms with Crippen LogP contribution in [0.2, 0.25) is 0 Å². The van der Waals surface area contributed by atoms with Crippen LogP contribution in [0.3, 0.4) is 0 Å². The van der Waals surface area contributed by atoms with Crippen LogP contribution in [0.4, 0.5) is 8.78 Å². The first kappa shape index (κ1) is 6.73. The first-order valence-corrected chi connectivity index (χ1v) is 2.30. The predicted molar refractivity (Wildman–Crippen MR) is 26.2 cm³/mol. The predicted octanol–water partition coefficient (Wildman–Crippen LogP) is 0.367. The highest BCUT2D eigenvalue weighted by molar-refractivity contribution is 5.73. The minimum Gasteiger partial charge on any atom is -0.298 e. The Bertz CT molecular complexity index is 264. The molecule has 1 aromatic rings. The molecule has 0 fully saturated rings. The molecule has 1 radical (unpaired) electrons. The smallest absolute Gasteiger partial charge is 0.298 e. The third-order valence-corrected chi connectivity index (χ3v) is 0.799. The lowest BCUT2D eigenvalue weighted by Crippen LogP contribution is -1.98. The van der Waals surface area contributed by atoms with Gasteiger partial charge in [-0.15, -0.1) is 0 Å². The Morgan fingerprint density at radius 3 is 2.70 bits per heavy atom. The van der Waals surface area contributed by atoms with Gasteiger partial charge in [0.25, 0.3) is 0 Å². The number of nitrogens with zero attached hydrogens (tertiary/aromatic N) is 2. The van der Waals surface area contributed by atoms with Gasteiger partial charge in [0.2, 0.25) is 5.95 Å². The molecule has 0 bridgehead atoms. The van der Waals surface area contributed by atoms with Crippen LogP contribution in [-0.4, -0.2) is 16.3 Å². The van der Waals surface area contributed by atoms with Crippen molar-refractivity contribution in [3.05, 3.63) is 23.8 Å². The van der Waals surface area contributed by atoms with Crippen LogP contribution in [0.25, 0.3) is 0 Å². The summed E-state index contributed by atoms with van der Waals surface area (Å²) in [6, 6.07) is 0. The molecule has 0 N–H and O–H groups in total. The SMILES string of the molecule is O=Cc1[c]nc(F)nc1F. The van der Waals surface area contributed by atoms with Gasteiger partial charge in [0.15, 0.2) is 6.29 Å². The number of halogens is 2. The molecule has 1 heterocycles. The average molecular weight is 143 g/mol. The Labute approximate surface area is 54.7 Å². The summed E-state index contributed by atoms with van der Waals surface area (Å²) in [6.45, 7) is 0. The number of aromatic nitrogens is 2. The average Bonchev–Trinajstić information content (AvgIpc) is 1.88. The monoisotopic (exact) mass is 143 g/mol. The van der Waals surface area contributed by atoms with Crippen LogP contribution in [0.5, 0.6) is 0 Å². The highest BCUT2D eigenvalue weighted by Gasteiger charge is 2.04. The van der Waals surface area contributed by atoms with E-state index in [2.05, 4.69) is 9.97 Å². The summed E-state index contributed by atoms with van der Waals surface area (Å²) in [7, 11) is 0. The molecule has 0 aliphatic heterocycles. The van der Waals surface area contributed by atoms with E-state index in [0.717, 1.165) is 0 Å². The van der Waals surface area contributed by atoms with Gasteiger partial charge >= 0.3 is 6.08 Å². The number of hydrogen-bond donors (Lipinski definition) is 0. The van der Waals surface area contributed by atoms with Gasteiger partial charge in [-0.1, -0.05) is 0 Å². The molecule has 1 rings (SSSR count). The minimum atomic E-state index is -1.23. The second-order valence-electron chi connectivity index (χ2n) is 1.43. The standard InChI is InChI=1S/C5HF2N2O/c6-4-3(2-10)1-8-5(7)9-4/h2H. The van der Waals surface area contributed by atoms with Crippen molar-refractivity contribution in [2.45, 2.75) is 0 Å². The summed E-state index contributed by atoms with van der Waals surface area (Å²) in [4.78, 5) is 15.3. The minimum absolute atomic E-state index is 0.161. The zero-order valence-electron chi connectivity index (χ0n) is 4.64. The summed E-state index contributed by atoms with van der Waals surface area (Å²) in [6.07, 6.45) is 0.752.